The van der Waals surface area contributed by atoms with Gasteiger partial charge in [-0.2, -0.15) is 10.1 Å². The normalized spacial score (nSPS) is 16.6. The molecule has 0 saturated carbocycles. The van der Waals surface area contributed by atoms with Gasteiger partial charge in [0.05, 0.1) is 41.9 Å². The summed E-state index contributed by atoms with van der Waals surface area (Å²) < 4.78 is 13.9. The van der Waals surface area contributed by atoms with Crippen LogP contribution in [0, 0.1) is 0 Å². The summed E-state index contributed by atoms with van der Waals surface area (Å²) in [5, 5.41) is 11.7. The maximum absolute atomic E-state index is 13.6. The molecule has 2 N–H and O–H groups in total. The molecule has 1 aliphatic rings. The van der Waals surface area contributed by atoms with E-state index in [9.17, 15) is 9.59 Å². The number of rotatable bonds is 8. The van der Waals surface area contributed by atoms with Gasteiger partial charge in [0, 0.05) is 62.7 Å². The minimum absolute atomic E-state index is 0.181. The van der Waals surface area contributed by atoms with E-state index in [-0.39, 0.29) is 44.7 Å². The number of amides is 1. The Morgan fingerprint density at radius 1 is 1.12 bits per heavy atom. The molecule has 5 rings (SSSR count). The molecule has 14 heteroatoms. The van der Waals surface area contributed by atoms with E-state index in [0.29, 0.717) is 41.6 Å². The number of carbonyl (C=O) groups excluding carboxylic acids is 1. The van der Waals surface area contributed by atoms with Crippen LogP contribution in [0.3, 0.4) is 0 Å². The van der Waals surface area contributed by atoms with Crippen LogP contribution < -0.4 is 30.6 Å². The maximum atomic E-state index is 13.6. The number of methoxy groups -OCH3 is 2. The van der Waals surface area contributed by atoms with Gasteiger partial charge in [0.1, 0.15) is 17.1 Å². The number of carbonyl (C=O) groups is 1. The lowest BCUT2D eigenvalue weighted by Gasteiger charge is -2.20. The predicted molar refractivity (Wildman–Crippen MR) is 158 cm³/mol. The molecule has 0 bridgehead atoms. The second kappa shape index (κ2) is 11.3. The van der Waals surface area contributed by atoms with E-state index in [1.54, 1.807) is 30.1 Å². The highest BCUT2D eigenvalue weighted by Crippen LogP contribution is 2.45. The zero-order valence-electron chi connectivity index (χ0n) is 22.8. The fourth-order valence-corrected chi connectivity index (χ4v) is 5.58. The minimum atomic E-state index is -0.375. The lowest BCUT2D eigenvalue weighted by molar-refractivity contribution is -0.117. The second-order valence-electron chi connectivity index (χ2n) is 9.50. The molecule has 1 aromatic carbocycles. The molecule has 41 heavy (non-hydrogen) atoms. The molecule has 1 fully saturated rings. The van der Waals surface area contributed by atoms with Crippen LogP contribution in [-0.4, -0.2) is 69.6 Å². The second-order valence-corrected chi connectivity index (χ2v) is 10.3. The number of nitrogens with zero attached hydrogens (tertiary/aromatic N) is 6. The molecule has 4 heterocycles. The number of halogens is 2. The Bertz CT molecular complexity index is 1690. The zero-order valence-corrected chi connectivity index (χ0v) is 24.3. The molecule has 3 aromatic heterocycles. The van der Waals surface area contributed by atoms with Crippen LogP contribution in [0.1, 0.15) is 0 Å². The summed E-state index contributed by atoms with van der Waals surface area (Å²) in [6, 6.07) is 4.57. The summed E-state index contributed by atoms with van der Waals surface area (Å²) in [6.45, 7) is 4.61. The number of ether oxygens (including phenoxy) is 2. The Morgan fingerprint density at radius 2 is 1.80 bits per heavy atom. The number of nitrogens with one attached hydrogen (secondary N) is 2. The average Bonchev–Trinajstić information content (AvgIpc) is 3.57. The molecule has 12 nitrogen and oxygen atoms in total. The van der Waals surface area contributed by atoms with Gasteiger partial charge in [-0.25, -0.2) is 4.98 Å². The van der Waals surface area contributed by atoms with E-state index < -0.39 is 0 Å². The Balaban J connectivity index is 1.51. The third kappa shape index (κ3) is 5.27. The lowest BCUT2D eigenvalue weighted by Crippen LogP contribution is -2.45. The van der Waals surface area contributed by atoms with Crippen LogP contribution in [0.4, 0.5) is 11.8 Å². The first-order valence-corrected chi connectivity index (χ1v) is 13.3. The number of anilines is 2. The molecule has 1 aliphatic heterocycles. The van der Waals surface area contributed by atoms with E-state index in [4.69, 9.17) is 32.7 Å². The number of hydrogen-bond acceptors (Lipinski definition) is 9. The number of aromatic nitrogens is 5. The number of hydrogen-bond donors (Lipinski definition) is 2. The fraction of sp³-hybridized carbons (Fsp3) is 0.296. The molecule has 1 saturated heterocycles. The van der Waals surface area contributed by atoms with Crippen LogP contribution in [-0.2, 0) is 18.9 Å². The first-order chi connectivity index (χ1) is 19.6. The first kappa shape index (κ1) is 28.2. The van der Waals surface area contributed by atoms with Crippen LogP contribution >= 0.6 is 23.2 Å². The maximum Gasteiger partial charge on any atom is 0.259 e. The van der Waals surface area contributed by atoms with Gasteiger partial charge in [-0.15, -0.1) is 0 Å². The highest BCUT2D eigenvalue weighted by atomic mass is 35.5. The van der Waals surface area contributed by atoms with Gasteiger partial charge in [0.2, 0.25) is 11.9 Å². The van der Waals surface area contributed by atoms with Gasteiger partial charge < -0.3 is 25.0 Å². The van der Waals surface area contributed by atoms with Crippen molar-refractivity contribution in [2.75, 3.05) is 37.5 Å². The summed E-state index contributed by atoms with van der Waals surface area (Å²) >= 11 is 13.2. The summed E-state index contributed by atoms with van der Waals surface area (Å²) in [4.78, 5) is 36.9. The number of benzene rings is 1. The standard InChI is InChI=1S/C27H28Cl2N8O4/c1-6-21(38)31-16-12-37(20-7-8-35(2)34-20)13-17(16)32-27-30-11-14-9-15(26(39)36(3)25(14)33-27)22-23(28)18(40-4)10-19(41-5)24(22)29/h6-11,16-17H,1,12-13H2,2-5H3,(H,31,38)(H,30,32,33). The van der Waals surface area contributed by atoms with Crippen LogP contribution in [0.25, 0.3) is 22.2 Å². The highest BCUT2D eigenvalue weighted by molar-refractivity contribution is 6.41. The van der Waals surface area contributed by atoms with Gasteiger partial charge in [0.15, 0.2) is 5.82 Å². The largest absolute Gasteiger partial charge is 0.495 e. The smallest absolute Gasteiger partial charge is 0.259 e. The Hall–Kier alpha value is -4.29. The van der Waals surface area contributed by atoms with Crippen LogP contribution in [0.15, 0.2) is 48.0 Å². The molecule has 2 atom stereocenters. The molecule has 0 aliphatic carbocycles. The van der Waals surface area contributed by atoms with E-state index in [0.717, 1.165) is 5.82 Å². The highest BCUT2D eigenvalue weighted by Gasteiger charge is 2.35. The van der Waals surface area contributed by atoms with Crippen molar-refractivity contribution in [3.8, 4) is 22.6 Å². The summed E-state index contributed by atoms with van der Waals surface area (Å²) in [5.74, 6) is 1.43. The summed E-state index contributed by atoms with van der Waals surface area (Å²) in [7, 11) is 6.38. The van der Waals surface area contributed by atoms with Gasteiger partial charge >= 0.3 is 0 Å². The molecular formula is C27H28Cl2N8O4. The van der Waals surface area contributed by atoms with Crippen molar-refractivity contribution < 1.29 is 14.3 Å². The summed E-state index contributed by atoms with van der Waals surface area (Å²) in [5.41, 5.74) is 0.547. The zero-order chi connectivity index (χ0) is 29.4. The molecule has 0 radical (unpaired) electrons. The monoisotopic (exact) mass is 598 g/mol. The first-order valence-electron chi connectivity index (χ1n) is 12.6. The Labute approximate surface area is 245 Å². The molecular weight excluding hydrogens is 571 g/mol. The van der Waals surface area contributed by atoms with Gasteiger partial charge in [-0.1, -0.05) is 29.8 Å². The molecule has 4 aromatic rings. The fourth-order valence-electron chi connectivity index (χ4n) is 4.88. The van der Waals surface area contributed by atoms with Crippen molar-refractivity contribution in [2.45, 2.75) is 12.1 Å². The molecule has 2 unspecified atom stereocenters. The van der Waals surface area contributed by atoms with Crippen molar-refractivity contribution in [2.24, 2.45) is 14.1 Å². The molecule has 214 valence electrons. The van der Waals surface area contributed by atoms with Crippen molar-refractivity contribution in [1.29, 1.82) is 0 Å². The quantitative estimate of drug-likeness (QED) is 0.294. The third-order valence-electron chi connectivity index (χ3n) is 6.96. The van der Waals surface area contributed by atoms with Gasteiger partial charge in [-0.3, -0.25) is 18.8 Å². The third-order valence-corrected chi connectivity index (χ3v) is 7.71. The predicted octanol–water partition coefficient (Wildman–Crippen LogP) is 3.02. The van der Waals surface area contributed by atoms with E-state index in [2.05, 4.69) is 37.2 Å². The molecule has 0 spiro atoms. The Morgan fingerprint density at radius 3 is 2.41 bits per heavy atom. The number of pyridine rings is 1. The van der Waals surface area contributed by atoms with E-state index >= 15 is 0 Å². The lowest BCUT2D eigenvalue weighted by atomic mass is 10.0. The Kier molecular flexibility index (Phi) is 7.78. The van der Waals surface area contributed by atoms with Gasteiger partial charge in [0.25, 0.3) is 5.56 Å². The van der Waals surface area contributed by atoms with Crippen LogP contribution in [0.2, 0.25) is 10.0 Å². The van der Waals surface area contributed by atoms with Crippen molar-refractivity contribution in [3.63, 3.8) is 0 Å². The number of fused-ring (bicyclic) bond motifs is 1. The van der Waals surface area contributed by atoms with E-state index in [1.165, 1.54) is 24.9 Å². The van der Waals surface area contributed by atoms with Crippen molar-refractivity contribution in [3.05, 3.63) is 63.6 Å². The van der Waals surface area contributed by atoms with Crippen molar-refractivity contribution in [1.82, 2.24) is 29.6 Å². The SMILES string of the molecule is C=CC(=O)NC1CN(c2ccn(C)n2)CC1Nc1ncc2cc(-c3c(Cl)c(OC)cc(OC)c3Cl)c(=O)n(C)c2n1. The average molecular weight is 599 g/mol. The minimum Gasteiger partial charge on any atom is -0.495 e. The summed E-state index contributed by atoms with van der Waals surface area (Å²) in [6.07, 6.45) is 4.70. The number of aryl methyl sites for hydroxylation is 2. The van der Waals surface area contributed by atoms with Crippen molar-refractivity contribution >= 4 is 51.9 Å². The van der Waals surface area contributed by atoms with Gasteiger partial charge in [-0.05, 0) is 12.1 Å². The molecule has 1 amide bonds. The topological polar surface area (TPSA) is 128 Å². The van der Waals surface area contributed by atoms with Crippen LogP contribution in [0.5, 0.6) is 11.5 Å². The van der Waals surface area contributed by atoms with E-state index in [1.807, 2.05) is 19.3 Å².